The van der Waals surface area contributed by atoms with Crippen LogP contribution in [0.2, 0.25) is 0 Å². The van der Waals surface area contributed by atoms with Crippen molar-refractivity contribution in [2.24, 2.45) is 0 Å². The predicted octanol–water partition coefficient (Wildman–Crippen LogP) is 10.2. The van der Waals surface area contributed by atoms with E-state index in [1.165, 1.54) is 0 Å². The largest absolute Gasteiger partial charge is 0.490 e. The average Bonchev–Trinajstić information content (AvgIpc) is 3.23. The topological polar surface area (TPSA) is 150 Å². The van der Waals surface area contributed by atoms with Gasteiger partial charge in [0.15, 0.2) is 0 Å². The van der Waals surface area contributed by atoms with E-state index in [-0.39, 0.29) is 12.1 Å². The van der Waals surface area contributed by atoms with Gasteiger partial charge >= 0.3 is 12.2 Å². The number of unbranched alkanes of at least 4 members (excludes halogenated alkanes) is 7. The molecule has 0 fully saturated rings. The molecule has 0 spiro atoms. The molecule has 13 nitrogen and oxygen atoms in total. The minimum absolute atomic E-state index is 0.0775. The van der Waals surface area contributed by atoms with E-state index < -0.39 is 17.3 Å². The zero-order chi connectivity index (χ0) is 44.0. The number of benzene rings is 2. The summed E-state index contributed by atoms with van der Waals surface area (Å²) in [5, 5.41) is 10.5. The molecule has 330 valence electrons. The molecular formula is C49H63N7O6. The molecule has 0 saturated carbocycles. The number of hydrogen-bond acceptors (Lipinski definition) is 11. The van der Waals surface area contributed by atoms with Crippen molar-refractivity contribution in [2.45, 2.75) is 110 Å². The lowest BCUT2D eigenvalue weighted by Gasteiger charge is -2.28. The van der Waals surface area contributed by atoms with Gasteiger partial charge in [0.1, 0.15) is 35.9 Å². The zero-order valence-corrected chi connectivity index (χ0v) is 37.2. The van der Waals surface area contributed by atoms with Crippen LogP contribution in [0, 0.1) is 0 Å². The van der Waals surface area contributed by atoms with Crippen molar-refractivity contribution in [1.82, 2.24) is 35.5 Å². The van der Waals surface area contributed by atoms with Crippen LogP contribution in [0.4, 0.5) is 9.59 Å². The Morgan fingerprint density at radius 2 is 1.06 bits per heavy atom. The summed E-state index contributed by atoms with van der Waals surface area (Å²) < 4.78 is 23.6. The number of alkyl carbamates (subject to hydrolysis) is 1. The number of carbonyl (C=O) groups is 2. The Bertz CT molecular complexity index is 2270. The quantitative estimate of drug-likeness (QED) is 0.0526. The third-order valence-electron chi connectivity index (χ3n) is 10.2. The first kappa shape index (κ1) is 45.7. The Kier molecular flexibility index (Phi) is 16.1. The maximum absolute atomic E-state index is 12.9. The fourth-order valence-electron chi connectivity index (χ4n) is 7.17. The molecule has 2 amide bonds. The van der Waals surface area contributed by atoms with Gasteiger partial charge in [-0.05, 0) is 85.2 Å². The smallest absolute Gasteiger partial charge is 0.410 e. The number of pyridine rings is 4. The number of nitrogens with zero attached hydrogens (tertiary/aromatic N) is 5. The van der Waals surface area contributed by atoms with Crippen LogP contribution >= 0.6 is 0 Å². The average molecular weight is 846 g/mol. The lowest BCUT2D eigenvalue weighted by atomic mass is 10.1. The van der Waals surface area contributed by atoms with E-state index in [1.807, 2.05) is 77.9 Å². The first-order valence-electron chi connectivity index (χ1n) is 22.0. The van der Waals surface area contributed by atoms with Gasteiger partial charge in [-0.3, -0.25) is 19.9 Å². The van der Waals surface area contributed by atoms with Crippen LogP contribution in [-0.2, 0) is 9.47 Å². The van der Waals surface area contributed by atoms with Crippen molar-refractivity contribution in [3.63, 3.8) is 0 Å². The second-order valence-electron chi connectivity index (χ2n) is 17.8. The van der Waals surface area contributed by atoms with Crippen LogP contribution in [0.1, 0.15) is 92.9 Å². The van der Waals surface area contributed by atoms with Gasteiger partial charge in [-0.15, -0.1) is 0 Å². The molecule has 0 unspecified atom stereocenters. The molecule has 4 heterocycles. The summed E-state index contributed by atoms with van der Waals surface area (Å²) in [6.45, 7) is 13.9. The van der Waals surface area contributed by atoms with Gasteiger partial charge in [-0.1, -0.05) is 74.9 Å². The van der Waals surface area contributed by atoms with Gasteiger partial charge < -0.3 is 34.5 Å². The summed E-state index contributed by atoms with van der Waals surface area (Å²) in [5.41, 5.74) is 2.28. The number of nitrogens with one attached hydrogen (secondary N) is 2. The molecule has 4 aromatic heterocycles. The molecule has 0 atom stereocenters. The van der Waals surface area contributed by atoms with Crippen LogP contribution < -0.4 is 20.1 Å². The van der Waals surface area contributed by atoms with Crippen molar-refractivity contribution < 1.29 is 28.5 Å². The molecule has 0 aliphatic carbocycles. The summed E-state index contributed by atoms with van der Waals surface area (Å²) in [7, 11) is 0. The van der Waals surface area contributed by atoms with Gasteiger partial charge in [0.05, 0.1) is 40.5 Å². The first-order chi connectivity index (χ1) is 29.8. The molecule has 13 heteroatoms. The number of amides is 2. The van der Waals surface area contributed by atoms with Gasteiger partial charge in [0.2, 0.25) is 0 Å². The maximum atomic E-state index is 12.9. The summed E-state index contributed by atoms with van der Waals surface area (Å²) in [5.74, 6) is 1.39. The van der Waals surface area contributed by atoms with Gasteiger partial charge in [-0.25, -0.2) is 9.59 Å². The molecule has 62 heavy (non-hydrogen) atoms. The van der Waals surface area contributed by atoms with Crippen LogP contribution in [0.5, 0.6) is 11.5 Å². The molecule has 0 radical (unpaired) electrons. The zero-order valence-electron chi connectivity index (χ0n) is 37.2. The third-order valence-corrected chi connectivity index (χ3v) is 10.2. The van der Waals surface area contributed by atoms with Gasteiger partial charge in [0.25, 0.3) is 0 Å². The van der Waals surface area contributed by atoms with E-state index >= 15 is 0 Å². The Morgan fingerprint density at radius 1 is 0.581 bits per heavy atom. The molecule has 0 aliphatic heterocycles. The molecule has 6 rings (SSSR count). The number of hydrogen-bond donors (Lipinski definition) is 2. The van der Waals surface area contributed by atoms with Gasteiger partial charge in [-0.2, -0.15) is 0 Å². The molecule has 0 saturated heterocycles. The van der Waals surface area contributed by atoms with Crippen LogP contribution in [0.3, 0.4) is 0 Å². The Morgan fingerprint density at radius 3 is 1.60 bits per heavy atom. The standard InChI is InChI=1S/C49H63N7O6/c1-48(2,3)61-46(57)53-26-28-56(47(58)62-49(4,5)6)27-14-12-10-8-7-9-11-13-23-50-39(33-59-40-29-37-21-19-35-17-15-24-51-42(35)44(37)54-31-40)34-60-41-30-38-22-20-36-18-16-25-52-43(36)45(38)55-32-41/h15-22,24-25,29-32,39,50H,7-14,23,26-28,33-34H2,1-6H3,(H,53,57). The number of aromatic nitrogens is 4. The van der Waals surface area contributed by atoms with E-state index in [4.69, 9.17) is 28.9 Å². The highest BCUT2D eigenvalue weighted by Crippen LogP contribution is 2.27. The highest BCUT2D eigenvalue weighted by molar-refractivity contribution is 6.03. The number of carbonyl (C=O) groups excluding carboxylic acids is 2. The maximum Gasteiger partial charge on any atom is 0.410 e. The Labute approximate surface area is 365 Å². The fraction of sp³-hybridized carbons (Fsp3) is 0.469. The van der Waals surface area contributed by atoms with Crippen LogP contribution in [-0.4, -0.2) is 93.7 Å². The summed E-state index contributed by atoms with van der Waals surface area (Å²) in [4.78, 5) is 45.2. The Balaban J connectivity index is 0.941. The summed E-state index contributed by atoms with van der Waals surface area (Å²) >= 11 is 0. The summed E-state index contributed by atoms with van der Waals surface area (Å²) in [6, 6.07) is 20.1. The van der Waals surface area contributed by atoms with Crippen molar-refractivity contribution in [1.29, 1.82) is 0 Å². The van der Waals surface area contributed by atoms with E-state index in [0.29, 0.717) is 44.3 Å². The fourth-order valence-corrected chi connectivity index (χ4v) is 7.17. The first-order valence-corrected chi connectivity index (χ1v) is 22.0. The van der Waals surface area contributed by atoms with Crippen molar-refractivity contribution in [3.8, 4) is 11.5 Å². The molecule has 2 aromatic carbocycles. The third kappa shape index (κ3) is 14.1. The number of rotatable bonds is 21. The van der Waals surface area contributed by atoms with E-state index in [2.05, 4.69) is 44.9 Å². The molecule has 0 bridgehead atoms. The lowest BCUT2D eigenvalue weighted by molar-refractivity contribution is 0.0237. The second-order valence-corrected chi connectivity index (χ2v) is 17.8. The minimum Gasteiger partial charge on any atom is -0.490 e. The molecule has 6 aromatic rings. The van der Waals surface area contributed by atoms with E-state index in [0.717, 1.165) is 102 Å². The summed E-state index contributed by atoms with van der Waals surface area (Å²) in [6.07, 6.45) is 14.8. The number of fused-ring (bicyclic) bond motifs is 6. The van der Waals surface area contributed by atoms with Crippen LogP contribution in [0.15, 0.2) is 85.5 Å². The highest BCUT2D eigenvalue weighted by Gasteiger charge is 2.23. The normalized spacial score (nSPS) is 12.0. The second kappa shape index (κ2) is 21.8. The van der Waals surface area contributed by atoms with Gasteiger partial charge in [0, 0.05) is 53.6 Å². The predicted molar refractivity (Wildman–Crippen MR) is 246 cm³/mol. The lowest BCUT2D eigenvalue weighted by Crippen LogP contribution is -2.42. The minimum atomic E-state index is -0.597. The highest BCUT2D eigenvalue weighted by atomic mass is 16.6. The monoisotopic (exact) mass is 845 g/mol. The SMILES string of the molecule is CC(C)(C)OC(=O)NCCN(CCCCCCCCCCNC(COc1cnc2c(ccc3cccnc32)c1)COc1cnc2c(ccc3cccnc32)c1)C(=O)OC(C)(C)C. The Hall–Kier alpha value is -5.82. The van der Waals surface area contributed by atoms with Crippen LogP contribution in [0.25, 0.3) is 43.6 Å². The van der Waals surface area contributed by atoms with Crippen molar-refractivity contribution in [3.05, 3.63) is 85.5 Å². The van der Waals surface area contributed by atoms with E-state index in [9.17, 15) is 9.59 Å². The van der Waals surface area contributed by atoms with Crippen molar-refractivity contribution >= 4 is 55.8 Å². The number of ether oxygens (including phenoxy) is 4. The molecule has 2 N–H and O–H groups in total. The van der Waals surface area contributed by atoms with Crippen molar-refractivity contribution in [2.75, 3.05) is 39.4 Å². The molecular weight excluding hydrogens is 783 g/mol. The molecule has 0 aliphatic rings. The van der Waals surface area contributed by atoms with E-state index in [1.54, 1.807) is 29.7 Å².